The van der Waals surface area contributed by atoms with Crippen LogP contribution in [-0.2, 0) is 6.54 Å². The molecule has 3 heteroatoms. The van der Waals surface area contributed by atoms with Gasteiger partial charge < -0.3 is 11.1 Å². The molecule has 0 aliphatic carbocycles. The van der Waals surface area contributed by atoms with Crippen LogP contribution in [-0.4, -0.2) is 0 Å². The van der Waals surface area contributed by atoms with Gasteiger partial charge in [0.25, 0.3) is 0 Å². The molecule has 0 aliphatic heterocycles. The normalized spacial score (nSPS) is 10.1. The smallest absolute Gasteiger partial charge is 0.0478 e. The van der Waals surface area contributed by atoms with Crippen molar-refractivity contribution in [3.63, 3.8) is 0 Å². The van der Waals surface area contributed by atoms with E-state index in [2.05, 4.69) is 40.0 Å². The molecular weight excluding hydrogens is 311 g/mol. The number of anilines is 2. The first kappa shape index (κ1) is 11.3. The zero-order valence-corrected chi connectivity index (χ0v) is 10.9. The minimum absolute atomic E-state index is 0.757. The topological polar surface area (TPSA) is 38.0 Å². The maximum absolute atomic E-state index is 5.88. The first-order chi connectivity index (χ1) is 7.77. The van der Waals surface area contributed by atoms with E-state index in [0.717, 1.165) is 23.5 Å². The van der Waals surface area contributed by atoms with Crippen molar-refractivity contribution >= 4 is 34.0 Å². The van der Waals surface area contributed by atoms with Gasteiger partial charge in [0.2, 0.25) is 0 Å². The number of hydrogen-bond donors (Lipinski definition) is 2. The van der Waals surface area contributed by atoms with Crippen molar-refractivity contribution in [3.05, 3.63) is 57.7 Å². The Hall–Kier alpha value is -1.23. The number of para-hydroxylation sites is 2. The summed E-state index contributed by atoms with van der Waals surface area (Å²) in [6, 6.07) is 16.1. The molecule has 0 atom stereocenters. The first-order valence-corrected chi connectivity index (χ1v) is 6.17. The van der Waals surface area contributed by atoms with E-state index in [1.54, 1.807) is 0 Å². The van der Waals surface area contributed by atoms with E-state index < -0.39 is 0 Å². The van der Waals surface area contributed by atoms with E-state index in [9.17, 15) is 0 Å². The molecule has 16 heavy (non-hydrogen) atoms. The van der Waals surface area contributed by atoms with E-state index >= 15 is 0 Å². The molecule has 82 valence electrons. The molecule has 0 fully saturated rings. The van der Waals surface area contributed by atoms with Crippen LogP contribution >= 0.6 is 22.6 Å². The molecule has 0 aliphatic rings. The highest BCUT2D eigenvalue weighted by Crippen LogP contribution is 2.19. The van der Waals surface area contributed by atoms with Crippen LogP contribution in [0.3, 0.4) is 0 Å². The average molecular weight is 324 g/mol. The summed E-state index contributed by atoms with van der Waals surface area (Å²) in [5.41, 5.74) is 8.99. The fraction of sp³-hybridized carbons (Fsp3) is 0.0769. The van der Waals surface area contributed by atoms with E-state index in [-0.39, 0.29) is 0 Å². The fourth-order valence-electron chi connectivity index (χ4n) is 1.49. The second-order valence-corrected chi connectivity index (χ2v) is 4.69. The Labute approximate surface area is 109 Å². The number of nitrogen functional groups attached to an aromatic ring is 1. The van der Waals surface area contributed by atoms with Crippen LogP contribution < -0.4 is 11.1 Å². The van der Waals surface area contributed by atoms with Crippen LogP contribution in [0, 0.1) is 3.57 Å². The Morgan fingerprint density at radius 1 is 1.00 bits per heavy atom. The summed E-state index contributed by atoms with van der Waals surface area (Å²) >= 11 is 2.32. The molecule has 0 bridgehead atoms. The summed E-state index contributed by atoms with van der Waals surface area (Å²) in [4.78, 5) is 0. The van der Waals surface area contributed by atoms with Crippen LogP contribution in [0.15, 0.2) is 48.5 Å². The molecule has 0 saturated heterocycles. The number of halogens is 1. The second kappa shape index (κ2) is 5.21. The molecular formula is C13H13IN2. The SMILES string of the molecule is Nc1ccccc1CNc1ccccc1I. The fourth-order valence-corrected chi connectivity index (χ4v) is 2.07. The van der Waals surface area contributed by atoms with Crippen LogP contribution in [0.1, 0.15) is 5.56 Å². The standard InChI is InChI=1S/C13H13IN2/c14-11-6-2-4-8-13(11)16-9-10-5-1-3-7-12(10)15/h1-8,16H,9,15H2. The van der Waals surface area contributed by atoms with Crippen molar-refractivity contribution < 1.29 is 0 Å². The third-order valence-electron chi connectivity index (χ3n) is 2.40. The zero-order valence-electron chi connectivity index (χ0n) is 8.78. The largest absolute Gasteiger partial charge is 0.398 e. The van der Waals surface area contributed by atoms with Crippen molar-refractivity contribution in [2.24, 2.45) is 0 Å². The van der Waals surface area contributed by atoms with Gasteiger partial charge in [-0.3, -0.25) is 0 Å². The minimum Gasteiger partial charge on any atom is -0.398 e. The first-order valence-electron chi connectivity index (χ1n) is 5.09. The third-order valence-corrected chi connectivity index (χ3v) is 3.34. The molecule has 0 saturated carbocycles. The molecule has 0 radical (unpaired) electrons. The lowest BCUT2D eigenvalue weighted by atomic mass is 10.2. The molecule has 2 aromatic carbocycles. The lowest BCUT2D eigenvalue weighted by Crippen LogP contribution is -2.03. The maximum Gasteiger partial charge on any atom is 0.0478 e. The number of nitrogens with one attached hydrogen (secondary N) is 1. The third kappa shape index (κ3) is 2.66. The summed E-state index contributed by atoms with van der Waals surface area (Å²) in [6.45, 7) is 0.757. The molecule has 0 spiro atoms. The van der Waals surface area contributed by atoms with Crippen molar-refractivity contribution in [1.82, 2.24) is 0 Å². The highest BCUT2D eigenvalue weighted by molar-refractivity contribution is 14.1. The van der Waals surface area contributed by atoms with Crippen LogP contribution in [0.25, 0.3) is 0 Å². The molecule has 0 aromatic heterocycles. The summed E-state index contributed by atoms with van der Waals surface area (Å²) in [6.07, 6.45) is 0. The predicted octanol–water partition coefficient (Wildman–Crippen LogP) is 3.49. The lowest BCUT2D eigenvalue weighted by Gasteiger charge is -2.10. The van der Waals surface area contributed by atoms with Gasteiger partial charge >= 0.3 is 0 Å². The monoisotopic (exact) mass is 324 g/mol. The average Bonchev–Trinajstić information content (AvgIpc) is 2.30. The van der Waals surface area contributed by atoms with Gasteiger partial charge in [0.05, 0.1) is 0 Å². The summed E-state index contributed by atoms with van der Waals surface area (Å²) in [5, 5.41) is 3.38. The van der Waals surface area contributed by atoms with Gasteiger partial charge in [-0.2, -0.15) is 0 Å². The van der Waals surface area contributed by atoms with Crippen LogP contribution in [0.4, 0.5) is 11.4 Å². The van der Waals surface area contributed by atoms with Crippen molar-refractivity contribution in [2.75, 3.05) is 11.1 Å². The van der Waals surface area contributed by atoms with E-state index in [0.29, 0.717) is 0 Å². The Balaban J connectivity index is 2.09. The Bertz CT molecular complexity index is 437. The molecule has 3 N–H and O–H groups in total. The number of nitrogens with two attached hydrogens (primary N) is 1. The highest BCUT2D eigenvalue weighted by atomic mass is 127. The van der Waals surface area contributed by atoms with Crippen molar-refractivity contribution in [1.29, 1.82) is 0 Å². The number of benzene rings is 2. The van der Waals surface area contributed by atoms with E-state index in [1.807, 2.05) is 36.4 Å². The molecule has 0 heterocycles. The van der Waals surface area contributed by atoms with Gasteiger partial charge in [0.15, 0.2) is 0 Å². The summed E-state index contributed by atoms with van der Waals surface area (Å²) in [5.74, 6) is 0. The Morgan fingerprint density at radius 3 is 2.44 bits per heavy atom. The van der Waals surface area contributed by atoms with Gasteiger partial charge in [-0.05, 0) is 46.4 Å². The van der Waals surface area contributed by atoms with Gasteiger partial charge in [-0.1, -0.05) is 30.3 Å². The molecule has 2 aromatic rings. The predicted molar refractivity (Wildman–Crippen MR) is 77.3 cm³/mol. The molecule has 0 unspecified atom stereocenters. The Kier molecular flexibility index (Phi) is 3.66. The van der Waals surface area contributed by atoms with Crippen LogP contribution in [0.5, 0.6) is 0 Å². The van der Waals surface area contributed by atoms with Gasteiger partial charge in [0, 0.05) is 21.5 Å². The quantitative estimate of drug-likeness (QED) is 0.670. The number of hydrogen-bond acceptors (Lipinski definition) is 2. The van der Waals surface area contributed by atoms with E-state index in [4.69, 9.17) is 5.73 Å². The van der Waals surface area contributed by atoms with Gasteiger partial charge in [-0.25, -0.2) is 0 Å². The minimum atomic E-state index is 0.757. The second-order valence-electron chi connectivity index (χ2n) is 3.53. The Morgan fingerprint density at radius 2 is 1.69 bits per heavy atom. The highest BCUT2D eigenvalue weighted by Gasteiger charge is 1.99. The van der Waals surface area contributed by atoms with Crippen molar-refractivity contribution in [2.45, 2.75) is 6.54 Å². The summed E-state index contributed by atoms with van der Waals surface area (Å²) < 4.78 is 1.22. The van der Waals surface area contributed by atoms with Gasteiger partial charge in [-0.15, -0.1) is 0 Å². The number of rotatable bonds is 3. The molecule has 0 amide bonds. The maximum atomic E-state index is 5.88. The summed E-state index contributed by atoms with van der Waals surface area (Å²) in [7, 11) is 0. The molecule has 2 rings (SSSR count). The van der Waals surface area contributed by atoms with E-state index in [1.165, 1.54) is 3.57 Å². The lowest BCUT2D eigenvalue weighted by molar-refractivity contribution is 1.15. The van der Waals surface area contributed by atoms with Gasteiger partial charge in [0.1, 0.15) is 0 Å². The van der Waals surface area contributed by atoms with Crippen LogP contribution in [0.2, 0.25) is 0 Å². The van der Waals surface area contributed by atoms with Crippen molar-refractivity contribution in [3.8, 4) is 0 Å². The zero-order chi connectivity index (χ0) is 11.4. The molecule has 2 nitrogen and oxygen atoms in total.